The van der Waals surface area contributed by atoms with Crippen LogP contribution in [0.15, 0.2) is 36.4 Å². The van der Waals surface area contributed by atoms with E-state index in [1.807, 2.05) is 18.2 Å². The Morgan fingerprint density at radius 1 is 1.15 bits per heavy atom. The number of fused-ring (bicyclic) bond motifs is 1. The molecule has 26 heavy (non-hydrogen) atoms. The van der Waals surface area contributed by atoms with Gasteiger partial charge in [0.1, 0.15) is 11.4 Å². The van der Waals surface area contributed by atoms with E-state index in [1.165, 1.54) is 12.1 Å². The average molecular weight is 411 g/mol. The fourth-order valence-corrected chi connectivity index (χ4v) is 3.97. The van der Waals surface area contributed by atoms with Crippen molar-refractivity contribution in [1.29, 1.82) is 0 Å². The Morgan fingerprint density at radius 3 is 2.50 bits per heavy atom. The lowest BCUT2D eigenvalue weighted by Gasteiger charge is -2.31. The Kier molecular flexibility index (Phi) is 5.52. The summed E-state index contributed by atoms with van der Waals surface area (Å²) in [7, 11) is 0. The van der Waals surface area contributed by atoms with E-state index in [4.69, 9.17) is 39.5 Å². The van der Waals surface area contributed by atoms with Crippen LogP contribution >= 0.6 is 34.8 Å². The van der Waals surface area contributed by atoms with Crippen LogP contribution < -0.4 is 10.1 Å². The Hall–Kier alpha value is -1.68. The molecule has 0 aliphatic carbocycles. The summed E-state index contributed by atoms with van der Waals surface area (Å²) in [6.45, 7) is 4.19. The molecule has 2 aromatic carbocycles. The third kappa shape index (κ3) is 4.01. The van der Waals surface area contributed by atoms with Gasteiger partial charge in [0.25, 0.3) is 5.91 Å². The topological polar surface area (TPSA) is 38.3 Å². The maximum atomic E-state index is 12.6. The number of carbonyl (C=O) groups excluding carboxylic acids is 1. The first-order valence-corrected chi connectivity index (χ1v) is 9.43. The average Bonchev–Trinajstić information content (AvgIpc) is 2.54. The van der Waals surface area contributed by atoms with Gasteiger partial charge in [0, 0.05) is 16.3 Å². The Bertz CT molecular complexity index is 872. The molecule has 1 aliphatic heterocycles. The van der Waals surface area contributed by atoms with Crippen molar-refractivity contribution in [3.8, 4) is 5.75 Å². The molecule has 0 radical (unpaired) electrons. The maximum absolute atomic E-state index is 12.6. The van der Waals surface area contributed by atoms with E-state index in [0.29, 0.717) is 10.7 Å². The third-order valence-corrected chi connectivity index (χ3v) is 5.02. The molecular formula is C20H18Cl3NO2. The molecule has 3 nitrogen and oxygen atoms in total. The number of anilines is 1. The molecule has 1 unspecified atom stereocenters. The van der Waals surface area contributed by atoms with Crippen LogP contribution in [0.3, 0.4) is 0 Å². The summed E-state index contributed by atoms with van der Waals surface area (Å²) in [5, 5.41) is 3.60. The van der Waals surface area contributed by atoms with Gasteiger partial charge in [-0.05, 0) is 49.8 Å². The van der Waals surface area contributed by atoms with Crippen molar-refractivity contribution in [3.05, 3.63) is 62.6 Å². The van der Waals surface area contributed by atoms with Gasteiger partial charge < -0.3 is 10.1 Å². The second kappa shape index (κ2) is 7.51. The zero-order chi connectivity index (χ0) is 18.9. The lowest BCUT2D eigenvalue weighted by molar-refractivity contribution is 0.102. The smallest absolute Gasteiger partial charge is 0.258 e. The van der Waals surface area contributed by atoms with Crippen molar-refractivity contribution < 1.29 is 9.53 Å². The van der Waals surface area contributed by atoms with E-state index in [-0.39, 0.29) is 21.2 Å². The van der Waals surface area contributed by atoms with Crippen LogP contribution in [0.2, 0.25) is 15.1 Å². The monoisotopic (exact) mass is 409 g/mol. The standard InChI is InChI=1S/C20H18Cl3NO2/c1-3-7-20(2)8-6-12-9-14(4-5-17(12)26-20)24-19(25)18-15(22)10-13(21)11-16(18)23/h4-6,8-11H,3,7H2,1-2H3,(H,24,25). The van der Waals surface area contributed by atoms with Gasteiger partial charge in [-0.2, -0.15) is 0 Å². The number of benzene rings is 2. The molecule has 1 amide bonds. The molecule has 2 aromatic rings. The van der Waals surface area contributed by atoms with Crippen molar-refractivity contribution in [2.75, 3.05) is 5.32 Å². The largest absolute Gasteiger partial charge is 0.483 e. The summed E-state index contributed by atoms with van der Waals surface area (Å²) in [5.74, 6) is 0.400. The van der Waals surface area contributed by atoms with Gasteiger partial charge in [-0.25, -0.2) is 0 Å². The van der Waals surface area contributed by atoms with Gasteiger partial charge >= 0.3 is 0 Å². The van der Waals surface area contributed by atoms with Crippen molar-refractivity contribution in [3.63, 3.8) is 0 Å². The Labute approximate surface area is 167 Å². The lowest BCUT2D eigenvalue weighted by Crippen LogP contribution is -2.31. The fourth-order valence-electron chi connectivity index (χ4n) is 2.98. The van der Waals surface area contributed by atoms with Crippen LogP contribution in [0.5, 0.6) is 5.75 Å². The summed E-state index contributed by atoms with van der Waals surface area (Å²) in [4.78, 5) is 12.6. The SMILES string of the molecule is CCCC1(C)C=Cc2cc(NC(=O)c3c(Cl)cc(Cl)cc3Cl)ccc2O1. The van der Waals surface area contributed by atoms with Crippen LogP contribution in [0.4, 0.5) is 5.69 Å². The van der Waals surface area contributed by atoms with Crippen molar-refractivity contribution >= 4 is 52.5 Å². The third-order valence-electron chi connectivity index (χ3n) is 4.21. The minimum absolute atomic E-state index is 0.192. The van der Waals surface area contributed by atoms with Crippen LogP contribution in [0, 0.1) is 0 Å². The fraction of sp³-hybridized carbons (Fsp3) is 0.250. The van der Waals surface area contributed by atoms with Crippen LogP contribution in [-0.2, 0) is 0 Å². The molecule has 1 aliphatic rings. The number of rotatable bonds is 4. The molecule has 0 saturated carbocycles. The highest BCUT2D eigenvalue weighted by Crippen LogP contribution is 2.35. The lowest BCUT2D eigenvalue weighted by atomic mass is 9.95. The van der Waals surface area contributed by atoms with E-state index in [9.17, 15) is 4.79 Å². The number of ether oxygens (including phenoxy) is 1. The minimum Gasteiger partial charge on any atom is -0.483 e. The summed E-state index contributed by atoms with van der Waals surface area (Å²) < 4.78 is 6.10. The molecule has 0 aromatic heterocycles. The number of carbonyl (C=O) groups is 1. The Morgan fingerprint density at radius 2 is 1.85 bits per heavy atom. The van der Waals surface area contributed by atoms with Crippen molar-refractivity contribution in [2.24, 2.45) is 0 Å². The van der Waals surface area contributed by atoms with Crippen LogP contribution in [0.25, 0.3) is 6.08 Å². The summed E-state index contributed by atoms with van der Waals surface area (Å²) in [5.41, 5.74) is 1.43. The van der Waals surface area contributed by atoms with E-state index in [1.54, 1.807) is 6.07 Å². The zero-order valence-corrected chi connectivity index (χ0v) is 16.7. The number of hydrogen-bond acceptors (Lipinski definition) is 2. The van der Waals surface area contributed by atoms with E-state index < -0.39 is 5.91 Å². The van der Waals surface area contributed by atoms with Gasteiger partial charge in [-0.3, -0.25) is 4.79 Å². The Balaban J connectivity index is 1.82. The first kappa shape index (κ1) is 19.1. The summed E-state index contributed by atoms with van der Waals surface area (Å²) >= 11 is 18.1. The molecule has 0 bridgehead atoms. The number of hydrogen-bond donors (Lipinski definition) is 1. The molecule has 3 rings (SSSR count). The van der Waals surface area contributed by atoms with Crippen LogP contribution in [0.1, 0.15) is 42.6 Å². The molecule has 0 spiro atoms. The van der Waals surface area contributed by atoms with Gasteiger partial charge in [0.05, 0.1) is 15.6 Å². The van der Waals surface area contributed by atoms with Gasteiger partial charge in [0.15, 0.2) is 0 Å². The predicted octanol–water partition coefficient (Wildman–Crippen LogP) is 6.86. The quantitative estimate of drug-likeness (QED) is 0.597. The minimum atomic E-state index is -0.395. The van der Waals surface area contributed by atoms with E-state index in [2.05, 4.69) is 25.2 Å². The number of halogens is 3. The molecule has 0 fully saturated rings. The van der Waals surface area contributed by atoms with Gasteiger partial charge in [0.2, 0.25) is 0 Å². The van der Waals surface area contributed by atoms with E-state index >= 15 is 0 Å². The highest BCUT2D eigenvalue weighted by atomic mass is 35.5. The molecule has 136 valence electrons. The maximum Gasteiger partial charge on any atom is 0.258 e. The number of amides is 1. The second-order valence-electron chi connectivity index (χ2n) is 6.45. The zero-order valence-electron chi connectivity index (χ0n) is 14.4. The molecular weight excluding hydrogens is 393 g/mol. The van der Waals surface area contributed by atoms with Crippen molar-refractivity contribution in [2.45, 2.75) is 32.3 Å². The van der Waals surface area contributed by atoms with Crippen LogP contribution in [-0.4, -0.2) is 11.5 Å². The first-order valence-electron chi connectivity index (χ1n) is 8.29. The van der Waals surface area contributed by atoms with Gasteiger partial charge in [-0.15, -0.1) is 0 Å². The summed E-state index contributed by atoms with van der Waals surface area (Å²) in [6.07, 6.45) is 6.05. The second-order valence-corrected chi connectivity index (χ2v) is 7.70. The number of nitrogens with one attached hydrogen (secondary N) is 1. The predicted molar refractivity (Wildman–Crippen MR) is 109 cm³/mol. The molecule has 6 heteroatoms. The molecule has 0 saturated heterocycles. The highest BCUT2D eigenvalue weighted by molar-refractivity contribution is 6.42. The first-order chi connectivity index (χ1) is 12.3. The van der Waals surface area contributed by atoms with Gasteiger partial charge in [-0.1, -0.05) is 54.2 Å². The molecule has 1 atom stereocenters. The molecule has 1 heterocycles. The highest BCUT2D eigenvalue weighted by Gasteiger charge is 2.26. The normalized spacial score (nSPS) is 18.2. The molecule has 1 N–H and O–H groups in total. The van der Waals surface area contributed by atoms with E-state index in [0.717, 1.165) is 24.2 Å². The summed E-state index contributed by atoms with van der Waals surface area (Å²) in [6, 6.07) is 8.48. The van der Waals surface area contributed by atoms with Crippen molar-refractivity contribution in [1.82, 2.24) is 0 Å².